The van der Waals surface area contributed by atoms with Crippen molar-refractivity contribution in [1.82, 2.24) is 5.32 Å². The third kappa shape index (κ3) is 6.59. The number of nitrogens with zero attached hydrogens (tertiary/aromatic N) is 1. The Balaban J connectivity index is 2.02. The largest absolute Gasteiger partial charge is 0.493 e. The molecule has 2 N–H and O–H groups in total. The van der Waals surface area contributed by atoms with Gasteiger partial charge in [0, 0.05) is 24.7 Å². The predicted molar refractivity (Wildman–Crippen MR) is 114 cm³/mol. The first-order valence-corrected chi connectivity index (χ1v) is 9.47. The summed E-state index contributed by atoms with van der Waals surface area (Å²) in [6, 6.07) is 9.70. The van der Waals surface area contributed by atoms with Crippen LogP contribution in [0.3, 0.4) is 0 Å². The van der Waals surface area contributed by atoms with Gasteiger partial charge in [0.05, 0.1) is 32.7 Å². The maximum atomic E-state index is 12.2. The lowest BCUT2D eigenvalue weighted by Crippen LogP contribution is -2.26. The maximum absolute atomic E-state index is 12.2. The average Bonchev–Trinajstić information content (AvgIpc) is 2.78. The Bertz CT molecular complexity index is 947. The smallest absolute Gasteiger partial charge is 0.307 e. The van der Waals surface area contributed by atoms with Crippen LogP contribution in [0.4, 0.5) is 11.4 Å². The second-order valence-corrected chi connectivity index (χ2v) is 6.44. The molecule has 0 radical (unpaired) electrons. The Kier molecular flexibility index (Phi) is 8.62. The zero-order chi connectivity index (χ0) is 22.8. The summed E-state index contributed by atoms with van der Waals surface area (Å²) in [5, 5.41) is 17.0. The van der Waals surface area contributed by atoms with Gasteiger partial charge in [0.2, 0.25) is 0 Å². The number of amides is 1. The van der Waals surface area contributed by atoms with Crippen molar-refractivity contribution >= 4 is 23.3 Å². The van der Waals surface area contributed by atoms with Crippen molar-refractivity contribution in [3.63, 3.8) is 0 Å². The number of nitro benzene ring substituents is 1. The lowest BCUT2D eigenvalue weighted by Gasteiger charge is -2.11. The fourth-order valence-electron chi connectivity index (χ4n) is 2.83. The molecule has 1 amide bonds. The zero-order valence-corrected chi connectivity index (χ0v) is 17.6. The summed E-state index contributed by atoms with van der Waals surface area (Å²) in [4.78, 5) is 34.2. The molecule has 0 heterocycles. The summed E-state index contributed by atoms with van der Waals surface area (Å²) in [7, 11) is 4.36. The van der Waals surface area contributed by atoms with Crippen LogP contribution in [0.2, 0.25) is 0 Å². The van der Waals surface area contributed by atoms with Crippen molar-refractivity contribution < 1.29 is 28.7 Å². The Labute approximate surface area is 179 Å². The number of rotatable bonds is 11. The molecule has 166 valence electrons. The third-order valence-electron chi connectivity index (χ3n) is 4.48. The molecule has 0 unspecified atom stereocenters. The van der Waals surface area contributed by atoms with Gasteiger partial charge in [0.25, 0.3) is 11.6 Å². The SMILES string of the molecule is COC(=O)CCNC(=O)c1ccc(NCCc2ccc(OC)c(OC)c2)c([N+](=O)[O-])c1. The van der Waals surface area contributed by atoms with Crippen LogP contribution in [0.5, 0.6) is 11.5 Å². The summed E-state index contributed by atoms with van der Waals surface area (Å²) in [5.41, 5.74) is 1.18. The van der Waals surface area contributed by atoms with Gasteiger partial charge in [-0.15, -0.1) is 0 Å². The van der Waals surface area contributed by atoms with Gasteiger partial charge in [0.15, 0.2) is 11.5 Å². The van der Waals surface area contributed by atoms with E-state index in [1.165, 1.54) is 25.3 Å². The fraction of sp³-hybridized carbons (Fsp3) is 0.333. The maximum Gasteiger partial charge on any atom is 0.307 e. The topological polar surface area (TPSA) is 129 Å². The molecule has 0 aliphatic carbocycles. The minimum atomic E-state index is -0.552. The van der Waals surface area contributed by atoms with E-state index in [4.69, 9.17) is 9.47 Å². The molecule has 0 saturated heterocycles. The Morgan fingerprint density at radius 3 is 2.39 bits per heavy atom. The van der Waals surface area contributed by atoms with E-state index >= 15 is 0 Å². The third-order valence-corrected chi connectivity index (χ3v) is 4.48. The number of ether oxygens (including phenoxy) is 3. The molecule has 10 nitrogen and oxygen atoms in total. The van der Waals surface area contributed by atoms with Gasteiger partial charge in [-0.1, -0.05) is 6.07 Å². The quantitative estimate of drug-likeness (QED) is 0.315. The first kappa shape index (κ1) is 23.5. The van der Waals surface area contributed by atoms with Gasteiger partial charge in [-0.2, -0.15) is 0 Å². The number of nitro groups is 1. The molecule has 2 rings (SSSR count). The number of nitrogens with one attached hydrogen (secondary N) is 2. The van der Waals surface area contributed by atoms with E-state index in [9.17, 15) is 19.7 Å². The molecule has 0 fully saturated rings. The minimum Gasteiger partial charge on any atom is -0.493 e. The summed E-state index contributed by atoms with van der Waals surface area (Å²) in [5.74, 6) is 0.257. The molecule has 0 aliphatic rings. The van der Waals surface area contributed by atoms with Crippen molar-refractivity contribution in [1.29, 1.82) is 0 Å². The molecule has 2 aromatic rings. The van der Waals surface area contributed by atoms with Gasteiger partial charge < -0.3 is 24.8 Å². The Morgan fingerprint density at radius 1 is 1.00 bits per heavy atom. The van der Waals surface area contributed by atoms with Gasteiger partial charge >= 0.3 is 5.97 Å². The van der Waals surface area contributed by atoms with Crippen LogP contribution in [0.25, 0.3) is 0 Å². The highest BCUT2D eigenvalue weighted by molar-refractivity contribution is 5.95. The number of benzene rings is 2. The van der Waals surface area contributed by atoms with Crippen LogP contribution < -0.4 is 20.1 Å². The molecule has 0 aromatic heterocycles. The van der Waals surface area contributed by atoms with Crippen LogP contribution in [0, 0.1) is 10.1 Å². The van der Waals surface area contributed by atoms with Crippen molar-refractivity contribution in [3.8, 4) is 11.5 Å². The highest BCUT2D eigenvalue weighted by Crippen LogP contribution is 2.28. The number of esters is 1. The molecule has 31 heavy (non-hydrogen) atoms. The number of methoxy groups -OCH3 is 3. The molecular formula is C21H25N3O7. The van der Waals surface area contributed by atoms with Gasteiger partial charge in [-0.3, -0.25) is 19.7 Å². The second kappa shape index (κ2) is 11.4. The molecular weight excluding hydrogens is 406 g/mol. The Hall–Kier alpha value is -3.82. The molecule has 0 atom stereocenters. The zero-order valence-electron chi connectivity index (χ0n) is 17.6. The van der Waals surface area contributed by atoms with Crippen molar-refractivity contribution in [2.75, 3.05) is 39.7 Å². The number of anilines is 1. The highest BCUT2D eigenvalue weighted by atomic mass is 16.6. The summed E-state index contributed by atoms with van der Waals surface area (Å²) in [6.07, 6.45) is 0.605. The molecule has 10 heteroatoms. The first-order chi connectivity index (χ1) is 14.9. The first-order valence-electron chi connectivity index (χ1n) is 9.47. The number of carbonyl (C=O) groups excluding carboxylic acids is 2. The van der Waals surface area contributed by atoms with Crippen molar-refractivity contribution in [3.05, 3.63) is 57.6 Å². The lowest BCUT2D eigenvalue weighted by molar-refractivity contribution is -0.384. The fourth-order valence-corrected chi connectivity index (χ4v) is 2.83. The second-order valence-electron chi connectivity index (χ2n) is 6.44. The monoisotopic (exact) mass is 431 g/mol. The van der Waals surface area contributed by atoms with E-state index < -0.39 is 16.8 Å². The van der Waals surface area contributed by atoms with Crippen LogP contribution in [-0.4, -0.2) is 51.2 Å². The van der Waals surface area contributed by atoms with E-state index in [1.807, 2.05) is 12.1 Å². The molecule has 0 bridgehead atoms. The highest BCUT2D eigenvalue weighted by Gasteiger charge is 2.17. The predicted octanol–water partition coefficient (Wildman–Crippen LogP) is 2.56. The molecule has 0 aliphatic heterocycles. The average molecular weight is 431 g/mol. The van der Waals surface area contributed by atoms with Crippen LogP contribution in [0.1, 0.15) is 22.3 Å². The van der Waals surface area contributed by atoms with E-state index in [2.05, 4.69) is 15.4 Å². The minimum absolute atomic E-state index is 0.0140. The normalized spacial score (nSPS) is 10.2. The van der Waals surface area contributed by atoms with Gasteiger partial charge in [-0.25, -0.2) is 0 Å². The van der Waals surface area contributed by atoms with E-state index in [0.717, 1.165) is 5.56 Å². The molecule has 0 spiro atoms. The number of hydrogen-bond donors (Lipinski definition) is 2. The summed E-state index contributed by atoms with van der Waals surface area (Å²) in [6.45, 7) is 0.506. The lowest BCUT2D eigenvalue weighted by atomic mass is 10.1. The number of hydrogen-bond acceptors (Lipinski definition) is 8. The molecule has 0 saturated carbocycles. The van der Waals surface area contributed by atoms with Crippen molar-refractivity contribution in [2.24, 2.45) is 0 Å². The van der Waals surface area contributed by atoms with Crippen LogP contribution in [0.15, 0.2) is 36.4 Å². The number of carbonyl (C=O) groups is 2. The van der Waals surface area contributed by atoms with Crippen molar-refractivity contribution in [2.45, 2.75) is 12.8 Å². The summed E-state index contributed by atoms with van der Waals surface area (Å²) < 4.78 is 15.0. The van der Waals surface area contributed by atoms with Gasteiger partial charge in [0.1, 0.15) is 5.69 Å². The summed E-state index contributed by atoms with van der Waals surface area (Å²) >= 11 is 0. The van der Waals surface area contributed by atoms with E-state index in [1.54, 1.807) is 20.3 Å². The van der Waals surface area contributed by atoms with E-state index in [0.29, 0.717) is 30.2 Å². The van der Waals surface area contributed by atoms with Crippen LogP contribution in [-0.2, 0) is 16.0 Å². The van der Waals surface area contributed by atoms with Gasteiger partial charge in [-0.05, 0) is 36.2 Å². The molecule has 2 aromatic carbocycles. The standard InChI is InChI=1S/C21H25N3O7/c1-29-18-7-4-14(12-19(18)30-2)8-10-22-16-6-5-15(13-17(16)24(27)28)21(26)23-11-9-20(25)31-3/h4-7,12-13,22H,8-11H2,1-3H3,(H,23,26). The van der Waals surface area contributed by atoms with E-state index in [-0.39, 0.29) is 24.2 Å². The van der Waals surface area contributed by atoms with Crippen LogP contribution >= 0.6 is 0 Å². The Morgan fingerprint density at radius 2 is 1.74 bits per heavy atom.